The quantitative estimate of drug-likeness (QED) is 0.810. The maximum atomic E-state index is 11.6. The highest BCUT2D eigenvalue weighted by molar-refractivity contribution is 8.00. The van der Waals surface area contributed by atoms with Gasteiger partial charge in [0.25, 0.3) is 0 Å². The Morgan fingerprint density at radius 2 is 2.24 bits per heavy atom. The Balaban J connectivity index is 2.45. The summed E-state index contributed by atoms with van der Waals surface area (Å²) in [5.41, 5.74) is 12.3. The van der Waals surface area contributed by atoms with Crippen LogP contribution in [0, 0.1) is 0 Å². The molecule has 0 saturated heterocycles. The van der Waals surface area contributed by atoms with E-state index in [1.807, 2.05) is 12.1 Å². The van der Waals surface area contributed by atoms with Crippen LogP contribution in [0.3, 0.4) is 0 Å². The third-order valence-electron chi connectivity index (χ3n) is 2.52. The Hall–Kier alpha value is -1.53. The first-order valence-corrected chi connectivity index (χ1v) is 6.20. The van der Waals surface area contributed by atoms with E-state index in [0.717, 1.165) is 15.4 Å². The van der Waals surface area contributed by atoms with Gasteiger partial charge in [-0.3, -0.25) is 4.79 Å². The van der Waals surface area contributed by atoms with Crippen molar-refractivity contribution in [3.63, 3.8) is 0 Å². The number of carbonyl (C=O) groups is 2. The van der Waals surface area contributed by atoms with Crippen molar-refractivity contribution in [2.24, 2.45) is 11.5 Å². The molecule has 0 saturated carbocycles. The zero-order chi connectivity index (χ0) is 12.4. The number of hydrogen-bond donors (Lipinski definition) is 2. The van der Waals surface area contributed by atoms with Crippen molar-refractivity contribution in [3.8, 4) is 0 Å². The second-order valence-corrected chi connectivity index (χ2v) is 4.71. The zero-order valence-electron chi connectivity index (χ0n) is 9.18. The average molecular weight is 251 g/mol. The van der Waals surface area contributed by atoms with Crippen LogP contribution >= 0.6 is 11.8 Å². The van der Waals surface area contributed by atoms with Gasteiger partial charge >= 0.3 is 6.03 Å². The third-order valence-corrected chi connectivity index (χ3v) is 3.57. The first kappa shape index (κ1) is 11.9. The molecule has 1 heterocycles. The van der Waals surface area contributed by atoms with Gasteiger partial charge in [-0.15, -0.1) is 11.8 Å². The molecule has 0 bridgehead atoms. The lowest BCUT2D eigenvalue weighted by Gasteiger charge is -2.26. The number of hydrogen-bond acceptors (Lipinski definition) is 4. The minimum atomic E-state index is -0.735. The van der Waals surface area contributed by atoms with Crippen molar-refractivity contribution < 1.29 is 9.59 Å². The summed E-state index contributed by atoms with van der Waals surface area (Å²) in [6, 6.07) is 4.92. The van der Waals surface area contributed by atoms with E-state index in [2.05, 4.69) is 0 Å². The molecule has 0 radical (unpaired) electrons. The van der Waals surface area contributed by atoms with Gasteiger partial charge in [0.15, 0.2) is 0 Å². The van der Waals surface area contributed by atoms with Gasteiger partial charge in [0.2, 0.25) is 5.91 Å². The molecule has 1 aromatic carbocycles. The molecule has 1 aliphatic rings. The van der Waals surface area contributed by atoms with Crippen molar-refractivity contribution in [3.05, 3.63) is 23.8 Å². The molecule has 90 valence electrons. The van der Waals surface area contributed by atoms with E-state index in [4.69, 9.17) is 11.5 Å². The summed E-state index contributed by atoms with van der Waals surface area (Å²) in [4.78, 5) is 24.9. The van der Waals surface area contributed by atoms with Crippen LogP contribution in [0.15, 0.2) is 23.1 Å². The zero-order valence-corrected chi connectivity index (χ0v) is 10.00. The number of primary amides is 1. The van der Waals surface area contributed by atoms with Crippen molar-refractivity contribution in [1.82, 2.24) is 0 Å². The first-order chi connectivity index (χ1) is 8.13. The summed E-state index contributed by atoms with van der Waals surface area (Å²) in [6.45, 7) is 0.524. The van der Waals surface area contributed by atoms with E-state index in [1.165, 1.54) is 11.8 Å². The maximum absolute atomic E-state index is 11.6. The van der Waals surface area contributed by atoms with Crippen LogP contribution in [0.25, 0.3) is 0 Å². The molecule has 6 heteroatoms. The molecule has 0 spiro atoms. The van der Waals surface area contributed by atoms with Gasteiger partial charge in [0, 0.05) is 4.90 Å². The summed E-state index contributed by atoms with van der Waals surface area (Å²) in [7, 11) is 0. The van der Waals surface area contributed by atoms with E-state index < -0.39 is 6.03 Å². The second kappa shape index (κ2) is 4.77. The molecule has 0 atom stereocenters. The monoisotopic (exact) mass is 251 g/mol. The number of carbonyl (C=O) groups excluding carboxylic acids is 2. The second-order valence-electron chi connectivity index (χ2n) is 3.70. The van der Waals surface area contributed by atoms with Crippen LogP contribution in [0.2, 0.25) is 0 Å². The number of benzene rings is 1. The predicted molar refractivity (Wildman–Crippen MR) is 67.0 cm³/mol. The smallest absolute Gasteiger partial charge is 0.326 e. The van der Waals surface area contributed by atoms with E-state index in [1.54, 1.807) is 6.07 Å². The van der Waals surface area contributed by atoms with E-state index in [9.17, 15) is 9.59 Å². The number of nitrogens with zero attached hydrogens (tertiary/aromatic N) is 1. The number of amides is 3. The molecule has 3 amide bonds. The standard InChI is InChI=1S/C11H13N3O2S/c12-4-3-7-1-2-9-8(5-7)14(11(13)16)10(15)6-17-9/h1-2,5H,3-4,6,12H2,(H2,13,16). The number of imide groups is 1. The number of rotatable bonds is 2. The topological polar surface area (TPSA) is 89.4 Å². The summed E-state index contributed by atoms with van der Waals surface area (Å²) in [5, 5.41) is 0. The Morgan fingerprint density at radius 1 is 1.47 bits per heavy atom. The SMILES string of the molecule is NCCc1ccc2c(c1)N(C(N)=O)C(=O)CS2. The molecule has 0 aliphatic carbocycles. The largest absolute Gasteiger partial charge is 0.351 e. The van der Waals surface area contributed by atoms with Crippen LogP contribution in [0.4, 0.5) is 10.5 Å². The van der Waals surface area contributed by atoms with Gasteiger partial charge in [-0.1, -0.05) is 6.07 Å². The highest BCUT2D eigenvalue weighted by Gasteiger charge is 2.28. The summed E-state index contributed by atoms with van der Waals surface area (Å²) >= 11 is 1.41. The number of thioether (sulfide) groups is 1. The highest BCUT2D eigenvalue weighted by Crippen LogP contribution is 2.35. The molecule has 4 N–H and O–H groups in total. The molecule has 17 heavy (non-hydrogen) atoms. The molecule has 5 nitrogen and oxygen atoms in total. The number of urea groups is 1. The van der Waals surface area contributed by atoms with Crippen LogP contribution < -0.4 is 16.4 Å². The highest BCUT2D eigenvalue weighted by atomic mass is 32.2. The Morgan fingerprint density at radius 3 is 2.88 bits per heavy atom. The number of anilines is 1. The number of fused-ring (bicyclic) bond motifs is 1. The van der Waals surface area contributed by atoms with Crippen molar-refractivity contribution in [2.75, 3.05) is 17.2 Å². The molecule has 2 rings (SSSR count). The van der Waals surface area contributed by atoms with E-state index in [0.29, 0.717) is 18.7 Å². The van der Waals surface area contributed by atoms with Gasteiger partial charge in [0.05, 0.1) is 11.4 Å². The van der Waals surface area contributed by atoms with Gasteiger partial charge in [-0.2, -0.15) is 0 Å². The van der Waals surface area contributed by atoms with Gasteiger partial charge < -0.3 is 11.5 Å². The van der Waals surface area contributed by atoms with Gasteiger partial charge in [-0.25, -0.2) is 9.69 Å². The first-order valence-electron chi connectivity index (χ1n) is 5.21. The molecular formula is C11H13N3O2S. The van der Waals surface area contributed by atoms with Crippen LogP contribution in [0.1, 0.15) is 5.56 Å². The minimum Gasteiger partial charge on any atom is -0.351 e. The molecule has 0 aromatic heterocycles. The Kier molecular flexibility index (Phi) is 3.35. The summed E-state index contributed by atoms with van der Waals surface area (Å²) in [5.74, 6) is -0.0356. The summed E-state index contributed by atoms with van der Waals surface area (Å²) in [6.07, 6.45) is 0.707. The normalized spacial score (nSPS) is 14.6. The van der Waals surface area contributed by atoms with Crippen LogP contribution in [-0.2, 0) is 11.2 Å². The Labute approximate surface area is 103 Å². The maximum Gasteiger partial charge on any atom is 0.326 e. The average Bonchev–Trinajstić information content (AvgIpc) is 2.28. The van der Waals surface area contributed by atoms with Crippen molar-refractivity contribution >= 4 is 29.4 Å². The molecule has 1 aliphatic heterocycles. The molecule has 0 fully saturated rings. The fraction of sp³-hybridized carbons (Fsp3) is 0.273. The molecule has 0 unspecified atom stereocenters. The van der Waals surface area contributed by atoms with E-state index in [-0.39, 0.29) is 11.7 Å². The molecule has 1 aromatic rings. The van der Waals surface area contributed by atoms with Crippen molar-refractivity contribution in [2.45, 2.75) is 11.3 Å². The lowest BCUT2D eigenvalue weighted by molar-refractivity contribution is -0.115. The lowest BCUT2D eigenvalue weighted by atomic mass is 10.1. The molecular weight excluding hydrogens is 238 g/mol. The van der Waals surface area contributed by atoms with E-state index >= 15 is 0 Å². The Bertz CT molecular complexity index is 476. The fourth-order valence-corrected chi connectivity index (χ4v) is 2.63. The third kappa shape index (κ3) is 2.27. The fourth-order valence-electron chi connectivity index (χ4n) is 1.76. The predicted octanol–water partition coefficient (Wildman–Crippen LogP) is 0.705. The summed E-state index contributed by atoms with van der Waals surface area (Å²) < 4.78 is 0. The lowest BCUT2D eigenvalue weighted by Crippen LogP contribution is -2.43. The van der Waals surface area contributed by atoms with Crippen LogP contribution in [0.5, 0.6) is 0 Å². The van der Waals surface area contributed by atoms with Gasteiger partial charge in [-0.05, 0) is 30.7 Å². The van der Waals surface area contributed by atoms with Crippen LogP contribution in [-0.4, -0.2) is 24.2 Å². The number of nitrogens with two attached hydrogens (primary N) is 2. The van der Waals surface area contributed by atoms with Gasteiger partial charge in [0.1, 0.15) is 0 Å². The van der Waals surface area contributed by atoms with Crippen molar-refractivity contribution in [1.29, 1.82) is 0 Å². The minimum absolute atomic E-state index is 0.242.